The highest BCUT2D eigenvalue weighted by Crippen LogP contribution is 2.39. The summed E-state index contributed by atoms with van der Waals surface area (Å²) in [5, 5.41) is 5.08. The van der Waals surface area contributed by atoms with E-state index in [1.807, 2.05) is 23.6 Å². The monoisotopic (exact) mass is 297 g/mol. The van der Waals surface area contributed by atoms with Gasteiger partial charge in [-0.3, -0.25) is 4.79 Å². The van der Waals surface area contributed by atoms with Crippen molar-refractivity contribution in [1.29, 1.82) is 0 Å². The molecule has 1 aromatic heterocycles. The minimum absolute atomic E-state index is 0.000428. The number of anilines is 1. The predicted molar refractivity (Wildman–Crippen MR) is 75.8 cm³/mol. The molecule has 0 spiro atoms. The van der Waals surface area contributed by atoms with Crippen LogP contribution in [0.15, 0.2) is 29.6 Å². The average Bonchev–Trinajstić information content (AvgIpc) is 2.94. The SMILES string of the molecule is O=C1Cc2cc(C(Cl)c3cccs3)c(Cl)cc2N1. The van der Waals surface area contributed by atoms with Gasteiger partial charge < -0.3 is 5.32 Å². The minimum atomic E-state index is -0.265. The number of hydrogen-bond acceptors (Lipinski definition) is 2. The summed E-state index contributed by atoms with van der Waals surface area (Å²) in [4.78, 5) is 12.4. The van der Waals surface area contributed by atoms with Crippen LogP contribution in [0.2, 0.25) is 5.02 Å². The molecule has 1 N–H and O–H groups in total. The summed E-state index contributed by atoms with van der Waals surface area (Å²) in [6.45, 7) is 0. The van der Waals surface area contributed by atoms with Gasteiger partial charge in [-0.1, -0.05) is 17.7 Å². The molecule has 1 unspecified atom stereocenters. The van der Waals surface area contributed by atoms with Gasteiger partial charge in [0.25, 0.3) is 0 Å². The molecule has 2 nitrogen and oxygen atoms in total. The highest BCUT2D eigenvalue weighted by atomic mass is 35.5. The van der Waals surface area contributed by atoms with E-state index < -0.39 is 0 Å². The smallest absolute Gasteiger partial charge is 0.228 e. The summed E-state index contributed by atoms with van der Waals surface area (Å²) in [6, 6.07) is 7.64. The molecular formula is C13H9Cl2NOS. The first-order valence-electron chi connectivity index (χ1n) is 5.45. The number of thiophene rings is 1. The van der Waals surface area contributed by atoms with Crippen molar-refractivity contribution >= 4 is 46.1 Å². The van der Waals surface area contributed by atoms with Crippen LogP contribution >= 0.6 is 34.5 Å². The Balaban J connectivity index is 2.03. The lowest BCUT2D eigenvalue weighted by molar-refractivity contribution is -0.115. The molecule has 0 radical (unpaired) electrons. The lowest BCUT2D eigenvalue weighted by atomic mass is 10.0. The van der Waals surface area contributed by atoms with E-state index in [1.54, 1.807) is 17.4 Å². The quantitative estimate of drug-likeness (QED) is 0.826. The van der Waals surface area contributed by atoms with Crippen molar-refractivity contribution in [2.75, 3.05) is 5.32 Å². The first-order chi connectivity index (χ1) is 8.65. The second-order valence-corrected chi connectivity index (χ2v) is 5.96. The molecule has 0 saturated carbocycles. The lowest BCUT2D eigenvalue weighted by Gasteiger charge is -2.12. The molecule has 1 aliphatic heterocycles. The highest BCUT2D eigenvalue weighted by Gasteiger charge is 2.23. The summed E-state index contributed by atoms with van der Waals surface area (Å²) in [5.41, 5.74) is 2.61. The van der Waals surface area contributed by atoms with Gasteiger partial charge in [-0.05, 0) is 34.7 Å². The van der Waals surface area contributed by atoms with E-state index in [1.165, 1.54) is 0 Å². The molecule has 2 aromatic rings. The summed E-state index contributed by atoms with van der Waals surface area (Å²) >= 11 is 14.3. The van der Waals surface area contributed by atoms with Gasteiger partial charge >= 0.3 is 0 Å². The minimum Gasteiger partial charge on any atom is -0.325 e. The van der Waals surface area contributed by atoms with Gasteiger partial charge in [-0.15, -0.1) is 22.9 Å². The number of alkyl halides is 1. The molecule has 0 saturated heterocycles. The van der Waals surface area contributed by atoms with E-state index in [0.717, 1.165) is 21.7 Å². The van der Waals surface area contributed by atoms with Crippen molar-refractivity contribution in [3.05, 3.63) is 50.7 Å². The van der Waals surface area contributed by atoms with Crippen molar-refractivity contribution in [2.24, 2.45) is 0 Å². The molecule has 0 bridgehead atoms. The zero-order chi connectivity index (χ0) is 12.7. The van der Waals surface area contributed by atoms with Crippen LogP contribution < -0.4 is 5.32 Å². The molecule has 1 aromatic carbocycles. The second-order valence-electron chi connectivity index (χ2n) is 4.13. The third kappa shape index (κ3) is 2.03. The number of hydrogen-bond donors (Lipinski definition) is 1. The summed E-state index contributed by atoms with van der Waals surface area (Å²) in [7, 11) is 0. The van der Waals surface area contributed by atoms with E-state index in [0.29, 0.717) is 11.4 Å². The Morgan fingerprint density at radius 2 is 2.22 bits per heavy atom. The second kappa shape index (κ2) is 4.57. The maximum Gasteiger partial charge on any atom is 0.228 e. The average molecular weight is 298 g/mol. The van der Waals surface area contributed by atoms with E-state index in [-0.39, 0.29) is 11.3 Å². The van der Waals surface area contributed by atoms with Crippen LogP contribution in [-0.4, -0.2) is 5.91 Å². The van der Waals surface area contributed by atoms with Crippen LogP contribution in [0, 0.1) is 0 Å². The molecule has 2 heterocycles. The van der Waals surface area contributed by atoms with Gasteiger partial charge in [0, 0.05) is 15.6 Å². The molecule has 5 heteroatoms. The Labute approximate surface area is 119 Å². The van der Waals surface area contributed by atoms with Gasteiger partial charge in [0.1, 0.15) is 0 Å². The van der Waals surface area contributed by atoms with E-state index >= 15 is 0 Å². The van der Waals surface area contributed by atoms with Crippen LogP contribution in [-0.2, 0) is 11.2 Å². The zero-order valence-corrected chi connectivity index (χ0v) is 11.6. The Hall–Kier alpha value is -1.03. The Bertz CT molecular complexity index is 610. The maximum absolute atomic E-state index is 11.3. The van der Waals surface area contributed by atoms with Crippen LogP contribution in [0.1, 0.15) is 21.4 Å². The number of halogens is 2. The predicted octanol–water partition coefficient (Wildman–Crippen LogP) is 4.22. The third-order valence-corrected chi connectivity index (χ3v) is 4.78. The topological polar surface area (TPSA) is 29.1 Å². The first-order valence-corrected chi connectivity index (χ1v) is 7.14. The van der Waals surface area contributed by atoms with Gasteiger partial charge in [0.05, 0.1) is 11.8 Å². The highest BCUT2D eigenvalue weighted by molar-refractivity contribution is 7.10. The molecule has 1 aliphatic rings. The largest absolute Gasteiger partial charge is 0.325 e. The summed E-state index contributed by atoms with van der Waals surface area (Å²) in [5.74, 6) is 0.000428. The molecule has 0 fully saturated rings. The van der Waals surface area contributed by atoms with Gasteiger partial charge in [-0.25, -0.2) is 0 Å². The van der Waals surface area contributed by atoms with Crippen LogP contribution in [0.5, 0.6) is 0 Å². The van der Waals surface area contributed by atoms with Crippen LogP contribution in [0.3, 0.4) is 0 Å². The zero-order valence-electron chi connectivity index (χ0n) is 9.24. The van der Waals surface area contributed by atoms with Crippen molar-refractivity contribution in [1.82, 2.24) is 0 Å². The fraction of sp³-hybridized carbons (Fsp3) is 0.154. The van der Waals surface area contributed by atoms with Crippen molar-refractivity contribution in [3.8, 4) is 0 Å². The van der Waals surface area contributed by atoms with E-state index in [2.05, 4.69) is 5.32 Å². The van der Waals surface area contributed by atoms with Gasteiger partial charge in [-0.2, -0.15) is 0 Å². The summed E-state index contributed by atoms with van der Waals surface area (Å²) < 4.78 is 0. The molecular weight excluding hydrogens is 289 g/mol. The number of rotatable bonds is 2. The number of fused-ring (bicyclic) bond motifs is 1. The van der Waals surface area contributed by atoms with Crippen molar-refractivity contribution < 1.29 is 4.79 Å². The Morgan fingerprint density at radius 1 is 1.39 bits per heavy atom. The van der Waals surface area contributed by atoms with E-state index in [4.69, 9.17) is 23.2 Å². The van der Waals surface area contributed by atoms with E-state index in [9.17, 15) is 4.79 Å². The van der Waals surface area contributed by atoms with Crippen molar-refractivity contribution in [3.63, 3.8) is 0 Å². The molecule has 92 valence electrons. The number of benzene rings is 1. The van der Waals surface area contributed by atoms with Crippen LogP contribution in [0.4, 0.5) is 5.69 Å². The Morgan fingerprint density at radius 3 is 2.94 bits per heavy atom. The van der Waals surface area contributed by atoms with Crippen molar-refractivity contribution in [2.45, 2.75) is 11.8 Å². The molecule has 1 atom stereocenters. The standard InChI is InChI=1S/C13H9Cl2NOS/c14-9-6-10-7(5-12(17)16-10)4-8(9)13(15)11-2-1-3-18-11/h1-4,6,13H,5H2,(H,16,17). The number of carbonyl (C=O) groups is 1. The summed E-state index contributed by atoms with van der Waals surface area (Å²) in [6.07, 6.45) is 0.396. The molecule has 1 amide bonds. The molecule has 3 rings (SSSR count). The first kappa shape index (κ1) is 12.0. The number of amides is 1. The molecule has 18 heavy (non-hydrogen) atoms. The van der Waals surface area contributed by atoms with Crippen LogP contribution in [0.25, 0.3) is 0 Å². The number of nitrogens with one attached hydrogen (secondary N) is 1. The number of carbonyl (C=O) groups excluding carboxylic acids is 1. The van der Waals surface area contributed by atoms with Gasteiger partial charge in [0.2, 0.25) is 5.91 Å². The molecule has 0 aliphatic carbocycles. The maximum atomic E-state index is 11.3. The Kier molecular flexibility index (Phi) is 3.06. The lowest BCUT2D eigenvalue weighted by Crippen LogP contribution is -2.03. The third-order valence-electron chi connectivity index (χ3n) is 2.91. The normalized spacial score (nSPS) is 15.3. The van der Waals surface area contributed by atoms with Gasteiger partial charge in [0.15, 0.2) is 0 Å². The fourth-order valence-corrected chi connectivity index (χ4v) is 3.50. The fourth-order valence-electron chi connectivity index (χ4n) is 2.05.